The highest BCUT2D eigenvalue weighted by atomic mass is 19.4. The van der Waals surface area contributed by atoms with Crippen LogP contribution in [0, 0.1) is 11.7 Å². The van der Waals surface area contributed by atoms with Crippen molar-refractivity contribution in [3.05, 3.63) is 58.5 Å². The highest BCUT2D eigenvalue weighted by molar-refractivity contribution is 5.92. The summed E-state index contributed by atoms with van der Waals surface area (Å²) in [4.78, 5) is 14.0. The molecule has 5 nitrogen and oxygen atoms in total. The maximum absolute atomic E-state index is 13.5. The molecule has 0 spiro atoms. The molecule has 0 atom stereocenters. The fourth-order valence-electron chi connectivity index (χ4n) is 3.30. The molecule has 1 aliphatic rings. The van der Waals surface area contributed by atoms with Gasteiger partial charge in [0.05, 0.1) is 5.56 Å². The van der Waals surface area contributed by atoms with Crippen LogP contribution in [0.1, 0.15) is 48.3 Å². The van der Waals surface area contributed by atoms with E-state index in [1.807, 2.05) is 18.7 Å². The Morgan fingerprint density at radius 2 is 1.87 bits per heavy atom. The summed E-state index contributed by atoms with van der Waals surface area (Å²) in [7, 11) is 0. The molecular weight excluding hydrogens is 412 g/mol. The summed E-state index contributed by atoms with van der Waals surface area (Å²) in [6, 6.07) is 5.81. The first-order chi connectivity index (χ1) is 14.6. The SMILES string of the molecule is CC(C)CNC(=O)c1ccc(N2CCC(=Cc3cc(F)ccc3C(F)(F)F)CC2)nn1. The zero-order valence-corrected chi connectivity index (χ0v) is 17.3. The zero-order chi connectivity index (χ0) is 22.6. The smallest absolute Gasteiger partial charge is 0.354 e. The molecule has 0 aliphatic carbocycles. The van der Waals surface area contributed by atoms with Gasteiger partial charge in [-0.2, -0.15) is 13.2 Å². The Hall–Kier alpha value is -2.97. The molecule has 0 radical (unpaired) electrons. The van der Waals surface area contributed by atoms with Crippen molar-refractivity contribution >= 4 is 17.8 Å². The van der Waals surface area contributed by atoms with Crippen molar-refractivity contribution < 1.29 is 22.4 Å². The van der Waals surface area contributed by atoms with Gasteiger partial charge >= 0.3 is 6.18 Å². The molecule has 0 bridgehead atoms. The van der Waals surface area contributed by atoms with Crippen molar-refractivity contribution in [2.45, 2.75) is 32.9 Å². The number of amides is 1. The van der Waals surface area contributed by atoms with Crippen LogP contribution in [0.5, 0.6) is 0 Å². The molecule has 31 heavy (non-hydrogen) atoms. The van der Waals surface area contributed by atoms with Crippen LogP contribution in [0.15, 0.2) is 35.9 Å². The number of anilines is 1. The monoisotopic (exact) mass is 436 g/mol. The number of halogens is 4. The van der Waals surface area contributed by atoms with Crippen LogP contribution in [0.3, 0.4) is 0 Å². The number of piperidine rings is 1. The highest BCUT2D eigenvalue weighted by Gasteiger charge is 2.33. The van der Waals surface area contributed by atoms with Crippen molar-refractivity contribution in [3.63, 3.8) is 0 Å². The predicted molar refractivity (Wildman–Crippen MR) is 110 cm³/mol. The molecule has 1 aliphatic heterocycles. The van der Waals surface area contributed by atoms with Gasteiger partial charge in [0.25, 0.3) is 5.91 Å². The molecule has 1 aromatic carbocycles. The van der Waals surface area contributed by atoms with Gasteiger partial charge in [-0.15, -0.1) is 10.2 Å². The molecule has 1 N–H and O–H groups in total. The van der Waals surface area contributed by atoms with E-state index in [0.29, 0.717) is 44.2 Å². The van der Waals surface area contributed by atoms with Gasteiger partial charge in [-0.1, -0.05) is 25.5 Å². The number of nitrogens with zero attached hydrogens (tertiary/aromatic N) is 3. The molecule has 3 rings (SSSR count). The number of carbonyl (C=O) groups is 1. The molecule has 1 saturated heterocycles. The first-order valence-corrected chi connectivity index (χ1v) is 10.1. The van der Waals surface area contributed by atoms with E-state index in [0.717, 1.165) is 23.8 Å². The number of carbonyl (C=O) groups excluding carboxylic acids is 1. The Kier molecular flexibility index (Phi) is 6.92. The third-order valence-electron chi connectivity index (χ3n) is 4.96. The lowest BCUT2D eigenvalue weighted by Crippen LogP contribution is -2.32. The largest absolute Gasteiger partial charge is 0.416 e. The van der Waals surface area contributed by atoms with E-state index < -0.39 is 17.6 Å². The minimum absolute atomic E-state index is 0.160. The van der Waals surface area contributed by atoms with Crippen molar-refractivity contribution in [2.75, 3.05) is 24.5 Å². The van der Waals surface area contributed by atoms with Gasteiger partial charge in [0.2, 0.25) is 0 Å². The molecule has 0 saturated carbocycles. The van der Waals surface area contributed by atoms with Crippen molar-refractivity contribution in [2.24, 2.45) is 5.92 Å². The van der Waals surface area contributed by atoms with Crippen LogP contribution in [-0.4, -0.2) is 35.7 Å². The number of aromatic nitrogens is 2. The topological polar surface area (TPSA) is 58.1 Å². The zero-order valence-electron chi connectivity index (χ0n) is 17.3. The normalized spacial score (nSPS) is 14.7. The fourth-order valence-corrected chi connectivity index (χ4v) is 3.30. The first-order valence-electron chi connectivity index (χ1n) is 10.1. The van der Waals surface area contributed by atoms with Crippen LogP contribution in [0.4, 0.5) is 23.4 Å². The van der Waals surface area contributed by atoms with Gasteiger partial charge in [-0.25, -0.2) is 4.39 Å². The van der Waals surface area contributed by atoms with E-state index in [4.69, 9.17) is 0 Å². The van der Waals surface area contributed by atoms with E-state index in [2.05, 4.69) is 15.5 Å². The first kappa shape index (κ1) is 22.7. The van der Waals surface area contributed by atoms with Crippen LogP contribution >= 0.6 is 0 Å². The third-order valence-corrected chi connectivity index (χ3v) is 4.96. The summed E-state index contributed by atoms with van der Waals surface area (Å²) < 4.78 is 53.1. The van der Waals surface area contributed by atoms with Crippen LogP contribution < -0.4 is 10.2 Å². The minimum atomic E-state index is -4.54. The highest BCUT2D eigenvalue weighted by Crippen LogP contribution is 2.34. The second-order valence-corrected chi connectivity index (χ2v) is 7.90. The van der Waals surface area contributed by atoms with Crippen molar-refractivity contribution in [3.8, 4) is 0 Å². The Balaban J connectivity index is 1.65. The summed E-state index contributed by atoms with van der Waals surface area (Å²) in [6.45, 7) is 5.61. The summed E-state index contributed by atoms with van der Waals surface area (Å²) in [6.07, 6.45) is -2.07. The van der Waals surface area contributed by atoms with E-state index in [9.17, 15) is 22.4 Å². The molecule has 1 fully saturated rings. The fraction of sp³-hybridized carbons (Fsp3) is 0.409. The van der Waals surface area contributed by atoms with E-state index >= 15 is 0 Å². The average molecular weight is 436 g/mol. The summed E-state index contributed by atoms with van der Waals surface area (Å²) >= 11 is 0. The Morgan fingerprint density at radius 3 is 2.45 bits per heavy atom. The van der Waals surface area contributed by atoms with E-state index in [1.54, 1.807) is 12.1 Å². The van der Waals surface area contributed by atoms with Crippen LogP contribution in [-0.2, 0) is 6.18 Å². The number of hydrogen-bond donors (Lipinski definition) is 1. The summed E-state index contributed by atoms with van der Waals surface area (Å²) in [5.74, 6) is -0.0650. The number of alkyl halides is 3. The molecule has 1 amide bonds. The Labute approximate surface area is 178 Å². The number of hydrogen-bond acceptors (Lipinski definition) is 4. The van der Waals surface area contributed by atoms with Gasteiger partial charge < -0.3 is 10.2 Å². The lowest BCUT2D eigenvalue weighted by Gasteiger charge is -2.29. The molecule has 1 aromatic heterocycles. The lowest BCUT2D eigenvalue weighted by atomic mass is 9.98. The quantitative estimate of drug-likeness (QED) is 0.690. The third kappa shape index (κ3) is 6.02. The lowest BCUT2D eigenvalue weighted by molar-refractivity contribution is -0.137. The second-order valence-electron chi connectivity index (χ2n) is 7.90. The van der Waals surface area contributed by atoms with Crippen LogP contribution in [0.25, 0.3) is 6.08 Å². The van der Waals surface area contributed by atoms with Gasteiger partial charge in [0.15, 0.2) is 11.5 Å². The standard InChI is InChI=1S/C22H24F4N4O/c1-14(2)13-27-21(31)19-5-6-20(29-28-19)30-9-7-15(8-10-30)11-16-12-17(23)3-4-18(16)22(24,25)26/h3-6,11-12,14H,7-10,13H2,1-2H3,(H,27,31). The summed E-state index contributed by atoms with van der Waals surface area (Å²) in [5, 5.41) is 10.9. The maximum Gasteiger partial charge on any atom is 0.416 e. The van der Waals surface area contributed by atoms with E-state index in [-0.39, 0.29) is 17.2 Å². The molecule has 2 aromatic rings. The van der Waals surface area contributed by atoms with Gasteiger partial charge in [0.1, 0.15) is 5.82 Å². The van der Waals surface area contributed by atoms with Gasteiger partial charge in [0, 0.05) is 19.6 Å². The van der Waals surface area contributed by atoms with Gasteiger partial charge in [-0.05, 0) is 54.7 Å². The minimum Gasteiger partial charge on any atom is -0.354 e. The number of rotatable bonds is 5. The van der Waals surface area contributed by atoms with E-state index in [1.165, 1.54) is 6.08 Å². The Morgan fingerprint density at radius 1 is 1.16 bits per heavy atom. The predicted octanol–water partition coefficient (Wildman–Crippen LogP) is 4.70. The maximum atomic E-state index is 13.5. The Bertz CT molecular complexity index is 945. The molecule has 0 unspecified atom stereocenters. The van der Waals surface area contributed by atoms with Crippen molar-refractivity contribution in [1.29, 1.82) is 0 Å². The summed E-state index contributed by atoms with van der Waals surface area (Å²) in [5.41, 5.74) is 0.0336. The number of nitrogens with one attached hydrogen (secondary N) is 1. The van der Waals surface area contributed by atoms with Gasteiger partial charge in [-0.3, -0.25) is 4.79 Å². The van der Waals surface area contributed by atoms with Crippen LogP contribution in [0.2, 0.25) is 0 Å². The molecule has 9 heteroatoms. The average Bonchev–Trinajstić information content (AvgIpc) is 2.72. The second kappa shape index (κ2) is 9.45. The number of benzene rings is 1. The molecule has 2 heterocycles. The molecule has 166 valence electrons. The molecular formula is C22H24F4N4O. The van der Waals surface area contributed by atoms with Crippen molar-refractivity contribution in [1.82, 2.24) is 15.5 Å².